The molecule has 1 spiro atoms. The molecule has 7 rings (SSSR count). The third kappa shape index (κ3) is 6.05. The van der Waals surface area contributed by atoms with Crippen LogP contribution in [0.1, 0.15) is 86.2 Å². The van der Waals surface area contributed by atoms with Crippen LogP contribution >= 0.6 is 11.6 Å². The second-order valence-electron chi connectivity index (χ2n) is 14.6. The minimum absolute atomic E-state index is 0.0600. The van der Waals surface area contributed by atoms with Gasteiger partial charge in [0.2, 0.25) is 0 Å². The molecule has 8 heteroatoms. The van der Waals surface area contributed by atoms with Crippen LogP contribution in [0.25, 0.3) is 0 Å². The van der Waals surface area contributed by atoms with E-state index in [9.17, 15) is 14.1 Å². The van der Waals surface area contributed by atoms with Crippen LogP contribution in [0.5, 0.6) is 5.75 Å². The van der Waals surface area contributed by atoms with E-state index in [4.69, 9.17) is 16.3 Å². The minimum Gasteiger partial charge on any atom is -0.490 e. The molecular formula is C37H47ClN2O4S. The molecule has 0 aromatic heterocycles. The summed E-state index contributed by atoms with van der Waals surface area (Å²) in [6.45, 7) is 4.18. The van der Waals surface area contributed by atoms with Crippen molar-refractivity contribution in [1.29, 1.82) is 0 Å². The number of carbonyl (C=O) groups is 1. The summed E-state index contributed by atoms with van der Waals surface area (Å²) < 4.78 is 23.8. The van der Waals surface area contributed by atoms with Gasteiger partial charge in [0.1, 0.15) is 5.75 Å². The molecule has 2 saturated carbocycles. The summed E-state index contributed by atoms with van der Waals surface area (Å²) >= 11 is 6.43. The number of ether oxygens (including phenoxy) is 1. The highest BCUT2D eigenvalue weighted by molar-refractivity contribution is 7.99. The summed E-state index contributed by atoms with van der Waals surface area (Å²) in [6, 6.07) is 11.9. The smallest absolute Gasteiger partial charge is 0.262 e. The molecular weight excluding hydrogens is 604 g/mol. The maximum atomic E-state index is 14.2. The molecule has 2 N–H and O–H groups in total. The summed E-state index contributed by atoms with van der Waals surface area (Å²) in [4.78, 5) is 16.2. The van der Waals surface area contributed by atoms with Crippen LogP contribution in [0.3, 0.4) is 0 Å². The van der Waals surface area contributed by atoms with Gasteiger partial charge in [0.15, 0.2) is 0 Å². The molecule has 0 radical (unpaired) electrons. The lowest BCUT2D eigenvalue weighted by atomic mass is 9.68. The highest BCUT2D eigenvalue weighted by Crippen LogP contribution is 2.47. The Bertz CT molecular complexity index is 1590. The number of carbonyl (C=O) groups excluding carboxylic acids is 1. The van der Waals surface area contributed by atoms with Crippen molar-refractivity contribution in [2.45, 2.75) is 87.9 Å². The molecule has 2 aliphatic heterocycles. The van der Waals surface area contributed by atoms with Gasteiger partial charge in [-0.2, -0.15) is 0 Å². The van der Waals surface area contributed by atoms with Crippen molar-refractivity contribution in [2.24, 2.45) is 23.7 Å². The number of benzene rings is 2. The molecule has 1 amide bonds. The van der Waals surface area contributed by atoms with E-state index < -0.39 is 15.8 Å². The maximum Gasteiger partial charge on any atom is 0.262 e. The Morgan fingerprint density at radius 2 is 2.00 bits per heavy atom. The van der Waals surface area contributed by atoms with Crippen molar-refractivity contribution in [2.75, 3.05) is 24.6 Å². The quantitative estimate of drug-likeness (QED) is 0.279. The van der Waals surface area contributed by atoms with Crippen molar-refractivity contribution in [3.63, 3.8) is 0 Å². The van der Waals surface area contributed by atoms with E-state index in [0.29, 0.717) is 30.4 Å². The molecule has 1 unspecified atom stereocenters. The Kier molecular flexibility index (Phi) is 8.49. The first-order chi connectivity index (χ1) is 21.6. The van der Waals surface area contributed by atoms with Crippen molar-refractivity contribution in [1.82, 2.24) is 4.72 Å². The molecule has 5 aliphatic rings. The lowest BCUT2D eigenvalue weighted by Gasteiger charge is -2.45. The van der Waals surface area contributed by atoms with Gasteiger partial charge in [-0.1, -0.05) is 56.0 Å². The zero-order chi connectivity index (χ0) is 31.3. The Labute approximate surface area is 273 Å². The van der Waals surface area contributed by atoms with Crippen LogP contribution in [0.15, 0.2) is 48.6 Å². The van der Waals surface area contributed by atoms with Gasteiger partial charge in [-0.3, -0.25) is 9.52 Å². The lowest BCUT2D eigenvalue weighted by molar-refractivity contribution is 0.0455. The number of hydrogen-bond donors (Lipinski definition) is 2. The van der Waals surface area contributed by atoms with Crippen LogP contribution in [0.4, 0.5) is 5.69 Å². The average molecular weight is 651 g/mol. The zero-order valence-corrected chi connectivity index (χ0v) is 28.0. The highest BCUT2D eigenvalue weighted by Gasteiger charge is 2.44. The van der Waals surface area contributed by atoms with E-state index >= 15 is 0 Å². The van der Waals surface area contributed by atoms with E-state index in [1.807, 2.05) is 24.3 Å². The van der Waals surface area contributed by atoms with Gasteiger partial charge in [0, 0.05) is 34.3 Å². The summed E-state index contributed by atoms with van der Waals surface area (Å²) in [6.07, 6.45) is 13.6. The average Bonchev–Trinajstić information content (AvgIpc) is 3.10. The van der Waals surface area contributed by atoms with Crippen LogP contribution in [-0.4, -0.2) is 52.1 Å². The summed E-state index contributed by atoms with van der Waals surface area (Å²) in [5, 5.41) is 11.9. The molecule has 2 aromatic rings. The Hall–Kier alpha value is -2.48. The van der Waals surface area contributed by atoms with Crippen LogP contribution in [0.2, 0.25) is 5.02 Å². The second-order valence-corrected chi connectivity index (χ2v) is 17.3. The molecule has 2 heterocycles. The largest absolute Gasteiger partial charge is 0.490 e. The summed E-state index contributed by atoms with van der Waals surface area (Å²) in [7, 11) is -2.94. The molecule has 2 aromatic carbocycles. The van der Waals surface area contributed by atoms with E-state index in [0.717, 1.165) is 80.9 Å². The molecule has 6 nitrogen and oxygen atoms in total. The number of hydrogen-bond acceptors (Lipinski definition) is 5. The van der Waals surface area contributed by atoms with Gasteiger partial charge in [0.05, 0.1) is 28.1 Å². The third-order valence-electron chi connectivity index (χ3n) is 11.7. The van der Waals surface area contributed by atoms with Crippen molar-refractivity contribution in [3.05, 3.63) is 70.3 Å². The maximum absolute atomic E-state index is 14.2. The number of amides is 1. The number of aliphatic hydroxyl groups excluding tert-OH is 1. The number of nitrogens with one attached hydrogen (secondary N) is 1. The van der Waals surface area contributed by atoms with Gasteiger partial charge in [-0.25, -0.2) is 4.21 Å². The van der Waals surface area contributed by atoms with Crippen molar-refractivity contribution in [3.8, 4) is 5.75 Å². The first kappa shape index (κ1) is 31.1. The Balaban J connectivity index is 1.27. The summed E-state index contributed by atoms with van der Waals surface area (Å²) in [5.74, 6) is 5.66. The van der Waals surface area contributed by atoms with Crippen molar-refractivity contribution >= 4 is 38.8 Å². The fourth-order valence-electron chi connectivity index (χ4n) is 8.65. The monoisotopic (exact) mass is 650 g/mol. The van der Waals surface area contributed by atoms with E-state index in [1.165, 1.54) is 17.5 Å². The molecule has 0 saturated heterocycles. The van der Waals surface area contributed by atoms with Gasteiger partial charge in [-0.05, 0) is 116 Å². The number of aryl methyl sites for hydroxylation is 1. The number of nitrogens with zero attached hydrogens (tertiary/aromatic N) is 1. The summed E-state index contributed by atoms with van der Waals surface area (Å²) in [5.41, 5.74) is 3.73. The highest BCUT2D eigenvalue weighted by atomic mass is 35.5. The number of allylic oxidation sites excluding steroid dienone is 1. The first-order valence-electron chi connectivity index (χ1n) is 17.0. The number of fused-ring (bicyclic) bond motifs is 4. The number of halogens is 1. The Morgan fingerprint density at radius 3 is 2.76 bits per heavy atom. The SMILES string of the molecule is C=S1(=O)NC(=O)c2ccc3c(c2)N(C[C@@H]2CC[C@H]2[C@@H](O)/C=C/C[C@@H](C)[C@@H]1CC1CCC1)C[C@@]1(CCCc2cc(Cl)ccc21)CO3. The van der Waals surface area contributed by atoms with E-state index in [-0.39, 0.29) is 28.4 Å². The predicted molar refractivity (Wildman–Crippen MR) is 184 cm³/mol. The molecule has 3 aliphatic carbocycles. The zero-order valence-electron chi connectivity index (χ0n) is 26.4. The van der Waals surface area contributed by atoms with Gasteiger partial charge < -0.3 is 14.7 Å². The normalized spacial score (nSPS) is 35.9. The van der Waals surface area contributed by atoms with E-state index in [1.54, 1.807) is 6.07 Å². The van der Waals surface area contributed by atoms with Crippen LogP contribution in [0, 0.1) is 23.7 Å². The first-order valence-corrected chi connectivity index (χ1v) is 19.1. The lowest BCUT2D eigenvalue weighted by Crippen LogP contribution is -2.49. The standard InChI is InChI=1S/C37H47ClN2O4S/c1-24-6-3-10-33(41)30-14-11-28(30)21-40-22-37(17-5-9-26-19-29(38)13-15-31(26)37)23-44-34-16-12-27(20-32(34)40)36(42)39-45(2,43)35(24)18-25-7-4-8-25/h3,10,12-13,15-16,19-20,24-25,28,30,33,35,41H,2,4-9,11,14,17-18,21-23H2,1H3,(H,39,42,43)/b10-3+/t24-,28+,30-,33+,35+,37+,45?/m1/s1. The second kappa shape index (κ2) is 12.3. The fourth-order valence-corrected chi connectivity index (χ4v) is 10.9. The number of rotatable bonds is 2. The predicted octanol–water partition coefficient (Wildman–Crippen LogP) is 6.72. The van der Waals surface area contributed by atoms with Gasteiger partial charge in [0.25, 0.3) is 5.91 Å². The van der Waals surface area contributed by atoms with Crippen LogP contribution < -0.4 is 14.4 Å². The minimum atomic E-state index is -2.94. The third-order valence-corrected chi connectivity index (χ3v) is 14.1. The molecule has 7 atom stereocenters. The molecule has 45 heavy (non-hydrogen) atoms. The van der Waals surface area contributed by atoms with Gasteiger partial charge >= 0.3 is 0 Å². The van der Waals surface area contributed by atoms with E-state index in [2.05, 4.69) is 40.6 Å². The molecule has 242 valence electrons. The Morgan fingerprint density at radius 1 is 1.16 bits per heavy atom. The molecule has 2 bridgehead atoms. The van der Waals surface area contributed by atoms with Crippen LogP contribution in [-0.2, 0) is 21.5 Å². The topological polar surface area (TPSA) is 78.9 Å². The number of aliphatic hydroxyl groups is 1. The fraction of sp³-hybridized carbons (Fsp3) is 0.568. The van der Waals surface area contributed by atoms with Gasteiger partial charge in [-0.15, -0.1) is 0 Å². The van der Waals surface area contributed by atoms with Crippen molar-refractivity contribution < 1.29 is 18.8 Å². The molecule has 2 fully saturated rings. The number of anilines is 1.